The third-order valence-electron chi connectivity index (χ3n) is 6.46. The molecule has 0 unspecified atom stereocenters. The van der Waals surface area contributed by atoms with Crippen LogP contribution in [0.15, 0.2) is 30.0 Å². The average molecular weight is 477 g/mol. The lowest BCUT2D eigenvalue weighted by molar-refractivity contribution is 0.311. The Morgan fingerprint density at radius 1 is 1.09 bits per heavy atom. The first-order valence-electron chi connectivity index (χ1n) is 11.9. The second-order valence-corrected chi connectivity index (χ2v) is 10.6. The molecule has 1 saturated heterocycles. The van der Waals surface area contributed by atoms with Gasteiger partial charge in [0, 0.05) is 43.3 Å². The van der Waals surface area contributed by atoms with Crippen molar-refractivity contribution in [3.05, 3.63) is 51.5 Å². The van der Waals surface area contributed by atoms with Crippen LogP contribution in [0.3, 0.4) is 0 Å². The van der Waals surface area contributed by atoms with Crippen molar-refractivity contribution in [2.45, 2.75) is 40.0 Å². The number of thiazole rings is 1. The van der Waals surface area contributed by atoms with E-state index < -0.39 is 0 Å². The first-order valence-corrected chi connectivity index (χ1v) is 12.7. The molecule has 2 aromatic heterocycles. The van der Waals surface area contributed by atoms with Gasteiger partial charge in [-0.25, -0.2) is 4.98 Å². The number of nitrogens with zero attached hydrogens (tertiary/aromatic N) is 5. The average Bonchev–Trinajstić information content (AvgIpc) is 3.43. The molecule has 0 radical (unpaired) electrons. The number of anilines is 3. The Morgan fingerprint density at radius 2 is 1.88 bits per heavy atom. The van der Waals surface area contributed by atoms with Crippen molar-refractivity contribution in [2.75, 3.05) is 43.4 Å². The molecule has 1 fully saturated rings. The maximum atomic E-state index is 6.30. The van der Waals surface area contributed by atoms with Crippen molar-refractivity contribution in [2.24, 2.45) is 0 Å². The molecule has 0 saturated carbocycles. The molecule has 8 heteroatoms. The SMILES string of the molecule is CC1=Cc2c(ccc(Oc3nc(Nc4ncc(C(C)C)s4)cc(N4CCN(C)CC4)n3)c2C)C1. The van der Waals surface area contributed by atoms with Crippen molar-refractivity contribution < 1.29 is 4.74 Å². The highest BCUT2D eigenvalue weighted by Gasteiger charge is 2.20. The molecule has 0 spiro atoms. The third-order valence-corrected chi connectivity index (χ3v) is 7.68. The number of hydrogen-bond donors (Lipinski definition) is 1. The maximum Gasteiger partial charge on any atom is 0.325 e. The normalized spacial score (nSPS) is 16.1. The second kappa shape index (κ2) is 9.35. The standard InChI is InChI=1S/C26H32N6OS/c1-16(2)22-15-27-26(34-22)29-23-14-24(32-10-8-31(5)9-11-32)30-25(28-23)33-21-7-6-19-12-17(3)13-20(19)18(21)4/h6-7,13-16H,8-12H2,1-5H3,(H,27,28,29,30). The predicted molar refractivity (Wildman–Crippen MR) is 140 cm³/mol. The number of ether oxygens (including phenoxy) is 1. The Morgan fingerprint density at radius 3 is 2.62 bits per heavy atom. The van der Waals surface area contributed by atoms with Crippen molar-refractivity contribution >= 4 is 34.2 Å². The van der Waals surface area contributed by atoms with Gasteiger partial charge < -0.3 is 19.9 Å². The Kier molecular flexibility index (Phi) is 6.27. The number of allylic oxidation sites excluding steroid dienone is 1. The number of likely N-dealkylation sites (N-methyl/N-ethyl adjacent to an activating group) is 1. The summed E-state index contributed by atoms with van der Waals surface area (Å²) in [5.74, 6) is 2.80. The van der Waals surface area contributed by atoms with E-state index in [4.69, 9.17) is 14.7 Å². The lowest BCUT2D eigenvalue weighted by atomic mass is 10.0. The number of piperazine rings is 1. The summed E-state index contributed by atoms with van der Waals surface area (Å²) in [5.41, 5.74) is 5.10. The van der Waals surface area contributed by atoms with Crippen molar-refractivity contribution in [1.29, 1.82) is 0 Å². The van der Waals surface area contributed by atoms with Gasteiger partial charge in [0.15, 0.2) is 5.13 Å². The maximum absolute atomic E-state index is 6.30. The molecule has 0 amide bonds. The minimum Gasteiger partial charge on any atom is -0.424 e. The van der Waals surface area contributed by atoms with Crippen LogP contribution < -0.4 is 15.0 Å². The number of nitrogens with one attached hydrogen (secondary N) is 1. The summed E-state index contributed by atoms with van der Waals surface area (Å²) in [6.07, 6.45) is 5.19. The Hall–Kier alpha value is -2.97. The highest BCUT2D eigenvalue weighted by molar-refractivity contribution is 7.15. The highest BCUT2D eigenvalue weighted by atomic mass is 32.1. The summed E-state index contributed by atoms with van der Waals surface area (Å²) in [6, 6.07) is 6.53. The molecule has 2 aliphatic rings. The van der Waals surface area contributed by atoms with E-state index >= 15 is 0 Å². The number of aromatic nitrogens is 3. The largest absolute Gasteiger partial charge is 0.424 e. The first kappa shape index (κ1) is 22.8. The molecule has 1 aliphatic heterocycles. The van der Waals surface area contributed by atoms with Crippen LogP contribution in [-0.4, -0.2) is 53.1 Å². The molecule has 34 heavy (non-hydrogen) atoms. The van der Waals surface area contributed by atoms with E-state index in [9.17, 15) is 0 Å². The van der Waals surface area contributed by atoms with E-state index in [1.54, 1.807) is 11.3 Å². The van der Waals surface area contributed by atoms with Crippen LogP contribution in [0.2, 0.25) is 0 Å². The summed E-state index contributed by atoms with van der Waals surface area (Å²) in [4.78, 5) is 19.9. The van der Waals surface area contributed by atoms with Gasteiger partial charge in [0.05, 0.1) is 0 Å². The Bertz CT molecular complexity index is 1230. The molecule has 5 rings (SSSR count). The Balaban J connectivity index is 1.46. The molecule has 3 aromatic rings. The zero-order valence-corrected chi connectivity index (χ0v) is 21.4. The van der Waals surface area contributed by atoms with Crippen LogP contribution in [0.5, 0.6) is 11.8 Å². The molecule has 0 bridgehead atoms. The van der Waals surface area contributed by atoms with Crippen LogP contribution in [0.25, 0.3) is 6.08 Å². The van der Waals surface area contributed by atoms with E-state index in [0.717, 1.165) is 54.9 Å². The smallest absolute Gasteiger partial charge is 0.325 e. The summed E-state index contributed by atoms with van der Waals surface area (Å²) in [6.45, 7) is 12.5. The van der Waals surface area contributed by atoms with Gasteiger partial charge in [-0.15, -0.1) is 11.3 Å². The molecular formula is C26H32N6OS. The van der Waals surface area contributed by atoms with Crippen LogP contribution in [0.4, 0.5) is 16.8 Å². The summed E-state index contributed by atoms with van der Waals surface area (Å²) >= 11 is 1.65. The van der Waals surface area contributed by atoms with E-state index in [1.165, 1.54) is 21.6 Å². The number of fused-ring (bicyclic) bond motifs is 1. The molecule has 1 N–H and O–H groups in total. The van der Waals surface area contributed by atoms with Gasteiger partial charge >= 0.3 is 6.01 Å². The van der Waals surface area contributed by atoms with Crippen molar-refractivity contribution in [3.8, 4) is 11.8 Å². The fraction of sp³-hybridized carbons (Fsp3) is 0.423. The number of hydrogen-bond acceptors (Lipinski definition) is 8. The van der Waals surface area contributed by atoms with Crippen LogP contribution >= 0.6 is 11.3 Å². The van der Waals surface area contributed by atoms with E-state index in [1.807, 2.05) is 18.3 Å². The van der Waals surface area contributed by atoms with Gasteiger partial charge in [0.25, 0.3) is 0 Å². The third kappa shape index (κ3) is 4.79. The molecule has 1 aromatic carbocycles. The minimum atomic E-state index is 0.348. The van der Waals surface area contributed by atoms with Gasteiger partial charge in [0.1, 0.15) is 17.4 Å². The first-order chi connectivity index (χ1) is 16.4. The van der Waals surface area contributed by atoms with E-state index in [-0.39, 0.29) is 0 Å². The van der Waals surface area contributed by atoms with Gasteiger partial charge in [-0.3, -0.25) is 0 Å². The topological polar surface area (TPSA) is 66.4 Å². The molecule has 0 atom stereocenters. The second-order valence-electron chi connectivity index (χ2n) is 9.56. The Labute approximate surface area is 205 Å². The zero-order chi connectivity index (χ0) is 23.8. The number of benzene rings is 1. The molecule has 1 aliphatic carbocycles. The van der Waals surface area contributed by atoms with Crippen LogP contribution in [0.1, 0.15) is 48.3 Å². The van der Waals surface area contributed by atoms with Crippen LogP contribution in [0, 0.1) is 6.92 Å². The summed E-state index contributed by atoms with van der Waals surface area (Å²) in [7, 11) is 2.15. The summed E-state index contributed by atoms with van der Waals surface area (Å²) < 4.78 is 6.30. The molecule has 3 heterocycles. The quantitative estimate of drug-likeness (QED) is 0.496. The van der Waals surface area contributed by atoms with Gasteiger partial charge in [0.2, 0.25) is 0 Å². The van der Waals surface area contributed by atoms with Crippen molar-refractivity contribution in [1.82, 2.24) is 19.9 Å². The minimum absolute atomic E-state index is 0.348. The van der Waals surface area contributed by atoms with E-state index in [0.29, 0.717) is 17.7 Å². The fourth-order valence-corrected chi connectivity index (χ4v) is 5.19. The van der Waals surface area contributed by atoms with E-state index in [2.05, 4.69) is 67.0 Å². The monoisotopic (exact) mass is 476 g/mol. The lowest BCUT2D eigenvalue weighted by Crippen LogP contribution is -2.44. The van der Waals surface area contributed by atoms with Crippen LogP contribution in [-0.2, 0) is 6.42 Å². The molecular weight excluding hydrogens is 444 g/mol. The van der Waals surface area contributed by atoms with Gasteiger partial charge in [-0.05, 0) is 56.0 Å². The zero-order valence-electron chi connectivity index (χ0n) is 20.6. The highest BCUT2D eigenvalue weighted by Crippen LogP contribution is 2.35. The van der Waals surface area contributed by atoms with Gasteiger partial charge in [-0.2, -0.15) is 9.97 Å². The fourth-order valence-electron chi connectivity index (χ4n) is 4.37. The summed E-state index contributed by atoms with van der Waals surface area (Å²) in [5, 5.41) is 4.21. The molecule has 178 valence electrons. The van der Waals surface area contributed by atoms with Gasteiger partial charge in [-0.1, -0.05) is 31.6 Å². The molecule has 7 nitrogen and oxygen atoms in total. The van der Waals surface area contributed by atoms with Crippen molar-refractivity contribution in [3.63, 3.8) is 0 Å². The number of rotatable bonds is 6. The predicted octanol–water partition coefficient (Wildman–Crippen LogP) is 5.61. The lowest BCUT2D eigenvalue weighted by Gasteiger charge is -2.33.